The van der Waals surface area contributed by atoms with E-state index < -0.39 is 16.9 Å². The minimum Gasteiger partial charge on any atom is -0.479 e. The van der Waals surface area contributed by atoms with Crippen LogP contribution in [0.5, 0.6) is 0 Å². The van der Waals surface area contributed by atoms with E-state index in [0.717, 1.165) is 31.9 Å². The Labute approximate surface area is 167 Å². The molecule has 0 bridgehead atoms. The third-order valence-corrected chi connectivity index (χ3v) is 5.07. The summed E-state index contributed by atoms with van der Waals surface area (Å²) in [6.45, 7) is 0.533. The van der Waals surface area contributed by atoms with Gasteiger partial charge in [0, 0.05) is 12.6 Å². The number of benzene rings is 1. The van der Waals surface area contributed by atoms with Crippen LogP contribution in [-0.4, -0.2) is 38.6 Å². The second-order valence-corrected chi connectivity index (χ2v) is 7.17. The number of hydrogen-bond donors (Lipinski definition) is 4. The molecule has 1 atom stereocenters. The fourth-order valence-electron chi connectivity index (χ4n) is 3.40. The van der Waals surface area contributed by atoms with E-state index in [1.807, 2.05) is 0 Å². The minimum absolute atomic E-state index is 0.0000180. The SMILES string of the molecule is N[C@H]1CC[C@H](CNc2nc(N[C@@H](C(=O)O)c3ccccc3)ncc2[N+](=O)[O-])CC1. The van der Waals surface area contributed by atoms with Gasteiger partial charge < -0.3 is 21.5 Å². The number of carboxylic acid groups (broad SMARTS) is 1. The van der Waals surface area contributed by atoms with Crippen LogP contribution in [0.1, 0.15) is 37.3 Å². The van der Waals surface area contributed by atoms with Crippen LogP contribution in [0.4, 0.5) is 17.5 Å². The first-order valence-corrected chi connectivity index (χ1v) is 9.49. The molecule has 29 heavy (non-hydrogen) atoms. The lowest BCUT2D eigenvalue weighted by Gasteiger charge is -2.26. The Morgan fingerprint density at radius 2 is 1.97 bits per heavy atom. The van der Waals surface area contributed by atoms with Crippen molar-refractivity contribution in [2.75, 3.05) is 17.2 Å². The largest absolute Gasteiger partial charge is 0.479 e. The van der Waals surface area contributed by atoms with Crippen LogP contribution < -0.4 is 16.4 Å². The molecule has 0 radical (unpaired) electrons. The zero-order valence-electron chi connectivity index (χ0n) is 15.8. The fraction of sp³-hybridized carbons (Fsp3) is 0.421. The second-order valence-electron chi connectivity index (χ2n) is 7.17. The van der Waals surface area contributed by atoms with E-state index in [4.69, 9.17) is 5.73 Å². The molecule has 1 aliphatic carbocycles. The van der Waals surface area contributed by atoms with Crippen LogP contribution in [0.25, 0.3) is 0 Å². The molecule has 10 nitrogen and oxygen atoms in total. The number of carbonyl (C=O) groups is 1. The van der Waals surface area contributed by atoms with E-state index in [-0.39, 0.29) is 23.5 Å². The molecular weight excluding hydrogens is 376 g/mol. The monoisotopic (exact) mass is 400 g/mol. The average Bonchev–Trinajstić information content (AvgIpc) is 2.72. The van der Waals surface area contributed by atoms with Crippen molar-refractivity contribution in [3.05, 3.63) is 52.2 Å². The van der Waals surface area contributed by atoms with Gasteiger partial charge in [0.2, 0.25) is 11.8 Å². The van der Waals surface area contributed by atoms with Crippen molar-refractivity contribution < 1.29 is 14.8 Å². The third-order valence-electron chi connectivity index (χ3n) is 5.07. The maximum absolute atomic E-state index is 11.7. The number of nitro groups is 1. The van der Waals surface area contributed by atoms with Crippen molar-refractivity contribution in [1.29, 1.82) is 0 Å². The molecule has 0 aliphatic heterocycles. The molecule has 0 unspecified atom stereocenters. The van der Waals surface area contributed by atoms with Crippen molar-refractivity contribution in [2.45, 2.75) is 37.8 Å². The predicted molar refractivity (Wildman–Crippen MR) is 108 cm³/mol. The minimum atomic E-state index is -1.11. The summed E-state index contributed by atoms with van der Waals surface area (Å²) in [6, 6.07) is 7.73. The molecule has 1 aliphatic rings. The number of aliphatic carboxylic acids is 1. The zero-order chi connectivity index (χ0) is 20.8. The van der Waals surface area contributed by atoms with E-state index in [9.17, 15) is 20.0 Å². The molecule has 5 N–H and O–H groups in total. The Morgan fingerprint density at radius 1 is 1.28 bits per heavy atom. The number of carboxylic acids is 1. The maximum Gasteiger partial charge on any atom is 0.330 e. The molecule has 154 valence electrons. The van der Waals surface area contributed by atoms with Crippen LogP contribution in [0, 0.1) is 16.0 Å². The normalized spacial score (nSPS) is 19.9. The number of anilines is 2. The van der Waals surface area contributed by atoms with Gasteiger partial charge in [0.05, 0.1) is 4.92 Å². The molecular formula is C19H24N6O4. The van der Waals surface area contributed by atoms with Crippen LogP contribution in [0.15, 0.2) is 36.5 Å². The van der Waals surface area contributed by atoms with Crippen LogP contribution in [0.2, 0.25) is 0 Å². The van der Waals surface area contributed by atoms with Crippen LogP contribution in [-0.2, 0) is 4.79 Å². The molecule has 10 heteroatoms. The van der Waals surface area contributed by atoms with Crippen LogP contribution in [0.3, 0.4) is 0 Å². The summed E-state index contributed by atoms with van der Waals surface area (Å²) in [4.78, 5) is 30.6. The lowest BCUT2D eigenvalue weighted by Crippen LogP contribution is -2.29. The second kappa shape index (κ2) is 9.28. The van der Waals surface area contributed by atoms with Gasteiger partial charge in [-0.25, -0.2) is 9.78 Å². The molecule has 0 amide bonds. The summed E-state index contributed by atoms with van der Waals surface area (Å²) >= 11 is 0. The molecule has 2 aromatic rings. The van der Waals surface area contributed by atoms with E-state index >= 15 is 0 Å². The summed E-state index contributed by atoms with van der Waals surface area (Å²) < 4.78 is 0. The third kappa shape index (κ3) is 5.38. The number of nitrogens with zero attached hydrogens (tertiary/aromatic N) is 3. The number of rotatable bonds is 8. The number of hydrogen-bond acceptors (Lipinski definition) is 8. The lowest BCUT2D eigenvalue weighted by atomic mass is 9.86. The fourth-order valence-corrected chi connectivity index (χ4v) is 3.40. The highest BCUT2D eigenvalue weighted by Gasteiger charge is 2.24. The summed E-state index contributed by atoms with van der Waals surface area (Å²) in [5.74, 6) is -0.678. The van der Waals surface area contributed by atoms with Crippen molar-refractivity contribution in [3.63, 3.8) is 0 Å². The Balaban J connectivity index is 1.76. The summed E-state index contributed by atoms with van der Waals surface area (Å²) in [6.07, 6.45) is 4.85. The highest BCUT2D eigenvalue weighted by Crippen LogP contribution is 2.27. The van der Waals surface area contributed by atoms with Gasteiger partial charge in [-0.1, -0.05) is 30.3 Å². The Kier molecular flexibility index (Phi) is 6.55. The number of aromatic nitrogens is 2. The molecule has 1 heterocycles. The van der Waals surface area contributed by atoms with Gasteiger partial charge >= 0.3 is 11.7 Å². The average molecular weight is 400 g/mol. The quantitative estimate of drug-likeness (QED) is 0.386. The van der Waals surface area contributed by atoms with Gasteiger partial charge in [-0.15, -0.1) is 0 Å². The highest BCUT2D eigenvalue weighted by atomic mass is 16.6. The zero-order valence-corrected chi connectivity index (χ0v) is 15.8. The Morgan fingerprint density at radius 3 is 2.59 bits per heavy atom. The van der Waals surface area contributed by atoms with Crippen LogP contribution >= 0.6 is 0 Å². The standard InChI is InChI=1S/C19H24N6O4/c20-14-8-6-12(7-9-14)10-21-17-15(25(28)29)11-22-19(24-17)23-16(18(26)27)13-4-2-1-3-5-13/h1-5,11-12,14,16H,6-10,20H2,(H,26,27)(H2,21,22,23,24)/t12-,14-,16-/m1/s1. The van der Waals surface area contributed by atoms with Gasteiger partial charge in [0.15, 0.2) is 6.04 Å². The van der Waals surface area contributed by atoms with Crippen molar-refractivity contribution in [2.24, 2.45) is 11.7 Å². The topological polar surface area (TPSA) is 156 Å². The van der Waals surface area contributed by atoms with Gasteiger partial charge in [-0.2, -0.15) is 4.98 Å². The van der Waals surface area contributed by atoms with Gasteiger partial charge in [-0.05, 0) is 37.2 Å². The first-order valence-electron chi connectivity index (χ1n) is 9.49. The van der Waals surface area contributed by atoms with E-state index in [0.29, 0.717) is 18.0 Å². The van der Waals surface area contributed by atoms with E-state index in [1.54, 1.807) is 30.3 Å². The van der Waals surface area contributed by atoms with Gasteiger partial charge in [0.1, 0.15) is 6.20 Å². The highest BCUT2D eigenvalue weighted by molar-refractivity contribution is 5.78. The molecule has 1 aromatic carbocycles. The first-order chi connectivity index (χ1) is 13.9. The van der Waals surface area contributed by atoms with Crippen molar-refractivity contribution >= 4 is 23.4 Å². The predicted octanol–water partition coefficient (Wildman–Crippen LogP) is 2.55. The number of nitrogens with one attached hydrogen (secondary N) is 2. The van der Waals surface area contributed by atoms with E-state index in [2.05, 4.69) is 20.6 Å². The van der Waals surface area contributed by atoms with Crippen molar-refractivity contribution in [3.8, 4) is 0 Å². The van der Waals surface area contributed by atoms with Gasteiger partial charge in [-0.3, -0.25) is 10.1 Å². The maximum atomic E-state index is 11.7. The van der Waals surface area contributed by atoms with Gasteiger partial charge in [0.25, 0.3) is 0 Å². The lowest BCUT2D eigenvalue weighted by molar-refractivity contribution is -0.384. The first kappa shape index (κ1) is 20.5. The molecule has 3 rings (SSSR count). The molecule has 1 fully saturated rings. The van der Waals surface area contributed by atoms with Crippen molar-refractivity contribution in [1.82, 2.24) is 9.97 Å². The summed E-state index contributed by atoms with van der Waals surface area (Å²) in [7, 11) is 0. The van der Waals surface area contributed by atoms with E-state index in [1.165, 1.54) is 0 Å². The smallest absolute Gasteiger partial charge is 0.330 e. The molecule has 0 saturated heterocycles. The summed E-state index contributed by atoms with van der Waals surface area (Å²) in [5.41, 5.74) is 6.19. The molecule has 1 aromatic heterocycles. The number of nitrogens with two attached hydrogens (primary N) is 1. The Bertz CT molecular complexity index is 855. The summed E-state index contributed by atoms with van der Waals surface area (Å²) in [5, 5.41) is 26.7. The molecule has 0 spiro atoms. The Hall–Kier alpha value is -3.27. The molecule has 1 saturated carbocycles.